The van der Waals surface area contributed by atoms with Crippen molar-refractivity contribution < 1.29 is 13.2 Å². The lowest BCUT2D eigenvalue weighted by Gasteiger charge is -2.38. The summed E-state index contributed by atoms with van der Waals surface area (Å²) in [4.78, 5) is 0. The average Bonchev–Trinajstić information content (AvgIpc) is 2.14. The first-order chi connectivity index (χ1) is 6.87. The van der Waals surface area contributed by atoms with E-state index in [1.54, 1.807) is 0 Å². The summed E-state index contributed by atoms with van der Waals surface area (Å²) >= 11 is 0. The van der Waals surface area contributed by atoms with Gasteiger partial charge in [0.15, 0.2) is 0 Å². The summed E-state index contributed by atoms with van der Waals surface area (Å²) in [5, 5.41) is 0. The van der Waals surface area contributed by atoms with Gasteiger partial charge in [0.05, 0.1) is 5.92 Å². The Morgan fingerprint density at radius 2 is 2.07 bits per heavy atom. The maximum absolute atomic E-state index is 12.6. The third-order valence-electron chi connectivity index (χ3n) is 3.37. The maximum Gasteiger partial charge on any atom is 0.391 e. The second-order valence-corrected chi connectivity index (χ2v) is 4.80. The SMILES string of the molecule is CCCCC1(N)CCCC(C(F)(F)F)C1. The second-order valence-electron chi connectivity index (χ2n) is 4.80. The lowest BCUT2D eigenvalue weighted by Crippen LogP contribution is -2.47. The molecule has 1 nitrogen and oxygen atoms in total. The topological polar surface area (TPSA) is 26.0 Å². The van der Waals surface area contributed by atoms with E-state index in [0.29, 0.717) is 6.42 Å². The van der Waals surface area contributed by atoms with Crippen LogP contribution in [-0.2, 0) is 0 Å². The quantitative estimate of drug-likeness (QED) is 0.776. The third kappa shape index (κ3) is 3.67. The minimum Gasteiger partial charge on any atom is -0.325 e. The predicted molar refractivity (Wildman–Crippen MR) is 54.5 cm³/mol. The van der Waals surface area contributed by atoms with Gasteiger partial charge in [-0.3, -0.25) is 0 Å². The molecule has 0 heterocycles. The van der Waals surface area contributed by atoms with Crippen molar-refractivity contribution in [3.05, 3.63) is 0 Å². The molecule has 0 bridgehead atoms. The lowest BCUT2D eigenvalue weighted by atomic mass is 9.73. The number of nitrogens with two attached hydrogens (primary N) is 1. The molecule has 0 saturated heterocycles. The first kappa shape index (κ1) is 12.8. The van der Waals surface area contributed by atoms with Gasteiger partial charge in [0, 0.05) is 5.54 Å². The highest BCUT2D eigenvalue weighted by atomic mass is 19.4. The Balaban J connectivity index is 2.54. The maximum atomic E-state index is 12.6. The van der Waals surface area contributed by atoms with Gasteiger partial charge in [0.25, 0.3) is 0 Å². The Labute approximate surface area is 89.2 Å². The fourth-order valence-electron chi connectivity index (χ4n) is 2.43. The zero-order valence-electron chi connectivity index (χ0n) is 9.24. The molecule has 0 aromatic heterocycles. The van der Waals surface area contributed by atoms with Crippen LogP contribution < -0.4 is 5.73 Å². The molecule has 90 valence electrons. The van der Waals surface area contributed by atoms with Gasteiger partial charge in [-0.25, -0.2) is 0 Å². The van der Waals surface area contributed by atoms with Crippen molar-refractivity contribution in [1.29, 1.82) is 0 Å². The van der Waals surface area contributed by atoms with Crippen molar-refractivity contribution in [1.82, 2.24) is 0 Å². The number of hydrogen-bond donors (Lipinski definition) is 1. The highest BCUT2D eigenvalue weighted by Crippen LogP contribution is 2.42. The summed E-state index contributed by atoms with van der Waals surface area (Å²) in [7, 11) is 0. The molecular weight excluding hydrogens is 203 g/mol. The number of rotatable bonds is 3. The Morgan fingerprint density at radius 1 is 1.40 bits per heavy atom. The van der Waals surface area contributed by atoms with E-state index in [9.17, 15) is 13.2 Å². The molecule has 1 rings (SSSR count). The first-order valence-electron chi connectivity index (χ1n) is 5.73. The fraction of sp³-hybridized carbons (Fsp3) is 1.00. The number of halogens is 3. The van der Waals surface area contributed by atoms with Crippen molar-refractivity contribution in [2.24, 2.45) is 11.7 Å². The molecule has 2 unspecified atom stereocenters. The molecule has 0 spiro atoms. The Kier molecular flexibility index (Phi) is 4.04. The molecule has 1 saturated carbocycles. The van der Waals surface area contributed by atoms with Gasteiger partial charge >= 0.3 is 6.18 Å². The molecule has 0 amide bonds. The fourth-order valence-corrected chi connectivity index (χ4v) is 2.43. The van der Waals surface area contributed by atoms with Gasteiger partial charge in [0.2, 0.25) is 0 Å². The van der Waals surface area contributed by atoms with Crippen molar-refractivity contribution in [3.8, 4) is 0 Å². The van der Waals surface area contributed by atoms with Crippen LogP contribution in [0, 0.1) is 5.92 Å². The van der Waals surface area contributed by atoms with Gasteiger partial charge in [-0.05, 0) is 25.7 Å². The predicted octanol–water partition coefficient (Wildman–Crippen LogP) is 3.63. The summed E-state index contributed by atoms with van der Waals surface area (Å²) < 4.78 is 37.7. The van der Waals surface area contributed by atoms with E-state index >= 15 is 0 Å². The highest BCUT2D eigenvalue weighted by molar-refractivity contribution is 4.92. The summed E-state index contributed by atoms with van der Waals surface area (Å²) in [6.45, 7) is 2.04. The molecule has 2 atom stereocenters. The molecule has 15 heavy (non-hydrogen) atoms. The first-order valence-corrected chi connectivity index (χ1v) is 5.73. The Morgan fingerprint density at radius 3 is 2.60 bits per heavy atom. The molecule has 0 aromatic carbocycles. The molecule has 1 aliphatic carbocycles. The number of alkyl halides is 3. The molecule has 0 aromatic rings. The van der Waals surface area contributed by atoms with E-state index in [-0.39, 0.29) is 12.8 Å². The van der Waals surface area contributed by atoms with E-state index in [1.165, 1.54) is 0 Å². The molecule has 0 aliphatic heterocycles. The monoisotopic (exact) mass is 223 g/mol. The van der Waals surface area contributed by atoms with Crippen LogP contribution in [0.25, 0.3) is 0 Å². The zero-order valence-corrected chi connectivity index (χ0v) is 9.24. The standard InChI is InChI=1S/C11H20F3N/c1-2-3-6-10(15)7-4-5-9(8-10)11(12,13)14/h9H,2-8,15H2,1H3. The van der Waals surface area contributed by atoms with Gasteiger partial charge < -0.3 is 5.73 Å². The van der Waals surface area contributed by atoms with Crippen LogP contribution in [0.4, 0.5) is 13.2 Å². The highest BCUT2D eigenvalue weighted by Gasteiger charge is 2.45. The van der Waals surface area contributed by atoms with Gasteiger partial charge in [0.1, 0.15) is 0 Å². The van der Waals surface area contributed by atoms with Gasteiger partial charge in [-0.15, -0.1) is 0 Å². The smallest absolute Gasteiger partial charge is 0.325 e. The minimum absolute atomic E-state index is 0.122. The summed E-state index contributed by atoms with van der Waals surface area (Å²) in [5.41, 5.74) is 5.47. The van der Waals surface area contributed by atoms with Crippen LogP contribution in [-0.4, -0.2) is 11.7 Å². The van der Waals surface area contributed by atoms with Crippen molar-refractivity contribution in [2.45, 2.75) is 63.6 Å². The van der Waals surface area contributed by atoms with Crippen molar-refractivity contribution in [3.63, 3.8) is 0 Å². The van der Waals surface area contributed by atoms with Crippen LogP contribution in [0.2, 0.25) is 0 Å². The largest absolute Gasteiger partial charge is 0.391 e. The van der Waals surface area contributed by atoms with Gasteiger partial charge in [-0.1, -0.05) is 26.2 Å². The molecule has 0 radical (unpaired) electrons. The summed E-state index contributed by atoms with van der Waals surface area (Å²) in [6.07, 6.45) is 0.346. The molecule has 1 aliphatic rings. The molecule has 4 heteroatoms. The van der Waals surface area contributed by atoms with E-state index in [1.807, 2.05) is 6.92 Å². The molecule has 1 fully saturated rings. The summed E-state index contributed by atoms with van der Waals surface area (Å²) in [6, 6.07) is 0. The van der Waals surface area contributed by atoms with Crippen LogP contribution in [0.5, 0.6) is 0 Å². The molecular formula is C11H20F3N. The van der Waals surface area contributed by atoms with Crippen molar-refractivity contribution in [2.75, 3.05) is 0 Å². The Bertz CT molecular complexity index is 202. The third-order valence-corrected chi connectivity index (χ3v) is 3.37. The minimum atomic E-state index is -4.06. The zero-order chi connectivity index (χ0) is 11.5. The van der Waals surface area contributed by atoms with Crippen molar-refractivity contribution >= 4 is 0 Å². The van der Waals surface area contributed by atoms with E-state index in [0.717, 1.165) is 25.7 Å². The number of hydrogen-bond acceptors (Lipinski definition) is 1. The van der Waals surface area contributed by atoms with Crippen LogP contribution >= 0.6 is 0 Å². The van der Waals surface area contributed by atoms with Crippen LogP contribution in [0.3, 0.4) is 0 Å². The average molecular weight is 223 g/mol. The van der Waals surface area contributed by atoms with Crippen LogP contribution in [0.1, 0.15) is 51.9 Å². The van der Waals surface area contributed by atoms with Crippen LogP contribution in [0.15, 0.2) is 0 Å². The van der Waals surface area contributed by atoms with E-state index in [2.05, 4.69) is 0 Å². The molecule has 2 N–H and O–H groups in total. The second kappa shape index (κ2) is 4.73. The summed E-state index contributed by atoms with van der Waals surface area (Å²) in [5.74, 6) is -1.17. The van der Waals surface area contributed by atoms with E-state index in [4.69, 9.17) is 5.73 Å². The Hall–Kier alpha value is -0.250. The number of unbranched alkanes of at least 4 members (excludes halogenated alkanes) is 1. The normalized spacial score (nSPS) is 33.0. The van der Waals surface area contributed by atoms with E-state index < -0.39 is 17.6 Å². The van der Waals surface area contributed by atoms with Gasteiger partial charge in [-0.2, -0.15) is 13.2 Å². The lowest BCUT2D eigenvalue weighted by molar-refractivity contribution is -0.187.